The summed E-state index contributed by atoms with van der Waals surface area (Å²) < 4.78 is 83.9. The number of ether oxygens (including phenoxy) is 1. The van der Waals surface area contributed by atoms with Gasteiger partial charge in [0.2, 0.25) is 0 Å². The molecule has 2 aliphatic heterocycles. The summed E-state index contributed by atoms with van der Waals surface area (Å²) in [6, 6.07) is 6.14. The lowest BCUT2D eigenvalue weighted by molar-refractivity contribution is -0.274. The summed E-state index contributed by atoms with van der Waals surface area (Å²) in [4.78, 5) is 34.1. The van der Waals surface area contributed by atoms with Crippen molar-refractivity contribution in [1.82, 2.24) is 14.8 Å². The minimum atomic E-state index is -5.50. The predicted octanol–water partition coefficient (Wildman–Crippen LogP) is 5.48. The van der Waals surface area contributed by atoms with E-state index in [0.29, 0.717) is 43.4 Å². The molecule has 2 saturated heterocycles. The quantitative estimate of drug-likeness (QED) is 0.309. The van der Waals surface area contributed by atoms with E-state index < -0.39 is 35.4 Å². The Balaban J connectivity index is 1.33. The number of halogens is 7. The fourth-order valence-corrected chi connectivity index (χ4v) is 6.99. The van der Waals surface area contributed by atoms with Crippen molar-refractivity contribution in [3.8, 4) is 5.75 Å². The molecule has 16 heteroatoms. The van der Waals surface area contributed by atoms with Gasteiger partial charge in [0.05, 0.1) is 5.56 Å². The Labute approximate surface area is 259 Å². The van der Waals surface area contributed by atoms with Crippen LogP contribution in [0.25, 0.3) is 0 Å². The molecule has 1 atom stereocenters. The van der Waals surface area contributed by atoms with E-state index in [-0.39, 0.29) is 34.6 Å². The Kier molecular flexibility index (Phi) is 10.2. The summed E-state index contributed by atoms with van der Waals surface area (Å²) >= 11 is 7.97. The normalized spacial score (nSPS) is 18.6. The maximum atomic E-state index is 14.1. The first kappa shape index (κ1) is 34.0. The third-order valence-electron chi connectivity index (χ3n) is 7.56. The standard InChI is InChI=1S/C28H31ClF6N4O4S/c1-37(2)24(40)21-6-7-22(36-23(21)29)38-12-8-19(9-13-38)44-20-10-14-39(15-11-20)25(41)26(42,27(30,31)32)17-4-3-5-18(16-17)43-28(33,34)35/h3-7,16,19-20,42H,8-15H2,1-2H3/t26-/m1/s1. The fraction of sp³-hybridized carbons (Fsp3) is 0.536. The highest BCUT2D eigenvalue weighted by atomic mass is 35.5. The van der Waals surface area contributed by atoms with Crippen molar-refractivity contribution in [2.75, 3.05) is 45.2 Å². The number of likely N-dealkylation sites (tertiary alicyclic amines) is 1. The van der Waals surface area contributed by atoms with Gasteiger partial charge < -0.3 is 24.5 Å². The van der Waals surface area contributed by atoms with Crippen molar-refractivity contribution < 1.29 is 45.8 Å². The molecule has 1 N–H and O–H groups in total. The van der Waals surface area contributed by atoms with Crippen molar-refractivity contribution in [3.63, 3.8) is 0 Å². The van der Waals surface area contributed by atoms with Crippen molar-refractivity contribution in [3.05, 3.63) is 52.7 Å². The van der Waals surface area contributed by atoms with Crippen LogP contribution in [-0.2, 0) is 10.4 Å². The molecule has 0 saturated carbocycles. The number of rotatable bonds is 7. The number of pyridine rings is 1. The molecule has 2 amide bonds. The van der Waals surface area contributed by atoms with Gasteiger partial charge in [0, 0.05) is 56.3 Å². The van der Waals surface area contributed by atoms with Crippen LogP contribution in [0, 0.1) is 0 Å². The van der Waals surface area contributed by atoms with Crippen molar-refractivity contribution >= 4 is 41.0 Å². The highest BCUT2D eigenvalue weighted by Gasteiger charge is 2.62. The lowest BCUT2D eigenvalue weighted by atomic mass is 9.90. The molecule has 44 heavy (non-hydrogen) atoms. The minimum Gasteiger partial charge on any atom is -0.406 e. The third kappa shape index (κ3) is 7.65. The molecule has 2 aromatic rings. The van der Waals surface area contributed by atoms with E-state index in [1.165, 1.54) is 4.90 Å². The molecule has 0 bridgehead atoms. The van der Waals surface area contributed by atoms with Gasteiger partial charge in [-0.05, 0) is 49.9 Å². The number of anilines is 1. The molecule has 2 fully saturated rings. The average molecular weight is 669 g/mol. The smallest absolute Gasteiger partial charge is 0.406 e. The van der Waals surface area contributed by atoms with Gasteiger partial charge in [-0.15, -0.1) is 13.2 Å². The molecular weight excluding hydrogens is 638 g/mol. The summed E-state index contributed by atoms with van der Waals surface area (Å²) in [6.07, 6.45) is -8.27. The predicted molar refractivity (Wildman–Crippen MR) is 153 cm³/mol. The topological polar surface area (TPSA) is 86.2 Å². The van der Waals surface area contributed by atoms with Gasteiger partial charge in [0.1, 0.15) is 16.7 Å². The van der Waals surface area contributed by atoms with Crippen molar-refractivity contribution in [2.45, 2.75) is 54.3 Å². The maximum Gasteiger partial charge on any atom is 0.573 e. The number of carbonyl (C=O) groups is 2. The molecule has 1 aromatic carbocycles. The number of alkyl halides is 6. The molecule has 0 aliphatic carbocycles. The van der Waals surface area contributed by atoms with Crippen LogP contribution in [0.4, 0.5) is 32.2 Å². The van der Waals surface area contributed by atoms with Crippen LogP contribution in [-0.4, -0.2) is 95.0 Å². The fourth-order valence-electron chi connectivity index (χ4n) is 5.24. The molecule has 1 aromatic heterocycles. The van der Waals surface area contributed by atoms with Crippen LogP contribution in [0.2, 0.25) is 5.15 Å². The Bertz CT molecular complexity index is 1350. The maximum absolute atomic E-state index is 14.1. The van der Waals surface area contributed by atoms with Crippen LogP contribution >= 0.6 is 23.4 Å². The Morgan fingerprint density at radius 1 is 0.977 bits per heavy atom. The van der Waals surface area contributed by atoms with Crippen LogP contribution in [0.5, 0.6) is 5.75 Å². The number of benzene rings is 1. The lowest BCUT2D eigenvalue weighted by Gasteiger charge is -2.40. The van der Waals surface area contributed by atoms with E-state index in [0.717, 1.165) is 35.9 Å². The zero-order chi connectivity index (χ0) is 32.4. The van der Waals surface area contributed by atoms with Crippen molar-refractivity contribution in [1.29, 1.82) is 0 Å². The number of nitrogens with zero attached hydrogens (tertiary/aromatic N) is 4. The second-order valence-electron chi connectivity index (χ2n) is 10.8. The van der Waals surface area contributed by atoms with Gasteiger partial charge in [0.25, 0.3) is 17.4 Å². The highest BCUT2D eigenvalue weighted by Crippen LogP contribution is 2.43. The molecule has 2 aliphatic rings. The zero-order valence-corrected chi connectivity index (χ0v) is 25.4. The molecule has 8 nitrogen and oxygen atoms in total. The lowest BCUT2D eigenvalue weighted by Crippen LogP contribution is -2.57. The molecule has 0 radical (unpaired) electrons. The summed E-state index contributed by atoms with van der Waals surface area (Å²) in [5.41, 5.74) is -4.79. The number of thioether (sulfide) groups is 1. The van der Waals surface area contributed by atoms with Gasteiger partial charge in [-0.3, -0.25) is 9.59 Å². The molecule has 0 unspecified atom stereocenters. The molecule has 4 rings (SSSR count). The number of piperidine rings is 2. The zero-order valence-electron chi connectivity index (χ0n) is 23.8. The van der Waals surface area contributed by atoms with Gasteiger partial charge in [-0.1, -0.05) is 23.7 Å². The monoisotopic (exact) mass is 668 g/mol. The SMILES string of the molecule is CN(C)C(=O)c1ccc(N2CCC(SC3CCN(C(=O)[C@](O)(c4cccc(OC(F)(F)F)c4)C(F)(F)F)CC3)CC2)nc1Cl. The van der Waals surface area contributed by atoms with E-state index in [1.807, 2.05) is 0 Å². The minimum absolute atomic E-state index is 0.0487. The van der Waals surface area contributed by atoms with Crippen LogP contribution < -0.4 is 9.64 Å². The van der Waals surface area contributed by atoms with Gasteiger partial charge >= 0.3 is 12.5 Å². The van der Waals surface area contributed by atoms with Crippen LogP contribution in [0.15, 0.2) is 36.4 Å². The third-order valence-corrected chi connectivity index (χ3v) is 9.56. The Morgan fingerprint density at radius 3 is 2.09 bits per heavy atom. The molecule has 3 heterocycles. The Morgan fingerprint density at radius 2 is 1.57 bits per heavy atom. The number of carbonyl (C=O) groups excluding carboxylic acids is 2. The number of hydrogen-bond acceptors (Lipinski definition) is 7. The summed E-state index contributed by atoms with van der Waals surface area (Å²) in [5, 5.41) is 11.2. The number of hydrogen-bond donors (Lipinski definition) is 1. The largest absolute Gasteiger partial charge is 0.573 e. The van der Waals surface area contributed by atoms with Gasteiger partial charge in [-0.25, -0.2) is 4.98 Å². The highest BCUT2D eigenvalue weighted by molar-refractivity contribution is 8.00. The first-order valence-electron chi connectivity index (χ1n) is 13.7. The second-order valence-corrected chi connectivity index (χ2v) is 12.8. The number of amides is 2. The summed E-state index contributed by atoms with van der Waals surface area (Å²) in [6.45, 7) is 1.28. The van der Waals surface area contributed by atoms with E-state index in [2.05, 4.69) is 14.6 Å². The van der Waals surface area contributed by atoms with Crippen LogP contribution in [0.1, 0.15) is 41.6 Å². The van der Waals surface area contributed by atoms with E-state index in [9.17, 15) is 41.0 Å². The van der Waals surface area contributed by atoms with Crippen molar-refractivity contribution in [2.24, 2.45) is 0 Å². The summed E-state index contributed by atoms with van der Waals surface area (Å²) in [5.74, 6) is -2.21. The van der Waals surface area contributed by atoms with E-state index >= 15 is 0 Å². The van der Waals surface area contributed by atoms with Crippen LogP contribution in [0.3, 0.4) is 0 Å². The average Bonchev–Trinajstić information content (AvgIpc) is 2.95. The first-order valence-corrected chi connectivity index (χ1v) is 15.0. The van der Waals surface area contributed by atoms with E-state index in [4.69, 9.17) is 11.6 Å². The Hall–Kier alpha value is -2.91. The summed E-state index contributed by atoms with van der Waals surface area (Å²) in [7, 11) is 3.25. The second kappa shape index (κ2) is 13.2. The molecule has 242 valence electrons. The van der Waals surface area contributed by atoms with E-state index in [1.54, 1.807) is 38.0 Å². The molecule has 0 spiro atoms. The number of aromatic nitrogens is 1. The van der Waals surface area contributed by atoms with Gasteiger partial charge in [0.15, 0.2) is 0 Å². The number of aliphatic hydroxyl groups is 1. The first-order chi connectivity index (χ1) is 20.5. The van der Waals surface area contributed by atoms with Gasteiger partial charge in [-0.2, -0.15) is 24.9 Å². The molecular formula is C28H31ClF6N4O4S.